The first-order chi connectivity index (χ1) is 14.2. The molecular weight excluding hydrogens is 440 g/mol. The zero-order chi connectivity index (χ0) is 23.0. The van der Waals surface area contributed by atoms with E-state index in [0.29, 0.717) is 12.1 Å². The molecule has 0 spiro atoms. The van der Waals surface area contributed by atoms with Gasteiger partial charge in [0.25, 0.3) is 5.92 Å². The molecular formula is C18H14F8N4O. The first kappa shape index (κ1) is 22.7. The van der Waals surface area contributed by atoms with Crippen LogP contribution in [-0.2, 0) is 17.1 Å². The predicted molar refractivity (Wildman–Crippen MR) is 91.6 cm³/mol. The highest BCUT2D eigenvalue weighted by atomic mass is 19.4. The number of halogens is 8. The van der Waals surface area contributed by atoms with Crippen LogP contribution < -0.4 is 0 Å². The minimum atomic E-state index is -5.02. The number of likely N-dealkylation sites (tertiary alicyclic amines) is 1. The molecule has 0 radical (unpaired) electrons. The Hall–Kier alpha value is -2.99. The third kappa shape index (κ3) is 5.58. The van der Waals surface area contributed by atoms with Crippen molar-refractivity contribution in [1.82, 2.24) is 19.7 Å². The van der Waals surface area contributed by atoms with Crippen molar-refractivity contribution in [3.8, 4) is 11.4 Å². The number of hydrogen-bond acceptors (Lipinski definition) is 3. The second kappa shape index (κ2) is 7.93. The molecule has 1 aliphatic rings. The number of nitrogens with zero attached hydrogens (tertiary/aromatic N) is 4. The Bertz CT molecular complexity index is 951. The third-order valence-corrected chi connectivity index (χ3v) is 4.53. The topological polar surface area (TPSA) is 51.0 Å². The maximum atomic E-state index is 13.1. The van der Waals surface area contributed by atoms with Crippen LogP contribution in [0.2, 0.25) is 0 Å². The van der Waals surface area contributed by atoms with Gasteiger partial charge < -0.3 is 4.90 Å². The van der Waals surface area contributed by atoms with E-state index in [1.807, 2.05) is 0 Å². The number of piperidine rings is 1. The molecule has 1 saturated heterocycles. The number of carbonyl (C=O) groups is 1. The summed E-state index contributed by atoms with van der Waals surface area (Å²) in [5.41, 5.74) is -3.54. The van der Waals surface area contributed by atoms with Gasteiger partial charge in [0.15, 0.2) is 5.82 Å². The molecule has 2 heterocycles. The number of alkyl halides is 8. The molecule has 0 unspecified atom stereocenters. The number of rotatable bonds is 3. The van der Waals surface area contributed by atoms with E-state index in [1.54, 1.807) is 0 Å². The minimum absolute atomic E-state index is 0.0127. The molecule has 1 aromatic heterocycles. The van der Waals surface area contributed by atoms with Crippen LogP contribution in [0.1, 0.15) is 24.0 Å². The molecule has 0 N–H and O–H groups in total. The fraction of sp³-hybridized carbons (Fsp3) is 0.389. The van der Waals surface area contributed by atoms with E-state index in [2.05, 4.69) is 10.1 Å². The number of carbonyl (C=O) groups excluding carboxylic acids is 1. The molecule has 1 aliphatic heterocycles. The monoisotopic (exact) mass is 454 g/mol. The summed E-state index contributed by atoms with van der Waals surface area (Å²) in [4.78, 5) is 16.9. The van der Waals surface area contributed by atoms with Crippen LogP contribution in [0.4, 0.5) is 35.1 Å². The van der Waals surface area contributed by atoms with Gasteiger partial charge in [-0.05, 0) is 18.2 Å². The Morgan fingerprint density at radius 1 is 0.968 bits per heavy atom. The summed E-state index contributed by atoms with van der Waals surface area (Å²) in [6.07, 6.45) is -7.93. The van der Waals surface area contributed by atoms with E-state index >= 15 is 0 Å². The van der Waals surface area contributed by atoms with Gasteiger partial charge in [0.2, 0.25) is 5.91 Å². The molecule has 0 bridgehead atoms. The van der Waals surface area contributed by atoms with Crippen LogP contribution in [0, 0.1) is 0 Å². The zero-order valence-electron chi connectivity index (χ0n) is 15.5. The van der Waals surface area contributed by atoms with Crippen molar-refractivity contribution < 1.29 is 39.9 Å². The summed E-state index contributed by atoms with van der Waals surface area (Å²) < 4.78 is 105. The normalized spacial score (nSPS) is 17.4. The molecule has 1 aromatic carbocycles. The van der Waals surface area contributed by atoms with Crippen LogP contribution in [0.5, 0.6) is 0 Å². The molecule has 31 heavy (non-hydrogen) atoms. The largest absolute Gasteiger partial charge is 0.416 e. The smallest absolute Gasteiger partial charge is 0.339 e. The Kier molecular flexibility index (Phi) is 5.80. The van der Waals surface area contributed by atoms with Crippen LogP contribution in [0.25, 0.3) is 17.6 Å². The van der Waals surface area contributed by atoms with E-state index in [9.17, 15) is 39.9 Å². The third-order valence-electron chi connectivity index (χ3n) is 4.53. The van der Waals surface area contributed by atoms with E-state index in [4.69, 9.17) is 0 Å². The van der Waals surface area contributed by atoms with Crippen LogP contribution >= 0.6 is 0 Å². The summed E-state index contributed by atoms with van der Waals surface area (Å²) in [5, 5.41) is 3.76. The highest BCUT2D eigenvalue weighted by Gasteiger charge is 2.37. The van der Waals surface area contributed by atoms with Gasteiger partial charge >= 0.3 is 12.4 Å². The molecule has 13 heteroatoms. The van der Waals surface area contributed by atoms with Crippen molar-refractivity contribution >= 4 is 12.1 Å². The van der Waals surface area contributed by atoms with Crippen LogP contribution in [0.3, 0.4) is 0 Å². The molecule has 1 fully saturated rings. The first-order valence-electron chi connectivity index (χ1n) is 8.81. The van der Waals surface area contributed by atoms with E-state index in [1.165, 1.54) is 4.90 Å². The van der Waals surface area contributed by atoms with Crippen molar-refractivity contribution in [2.45, 2.75) is 31.1 Å². The first-order valence-corrected chi connectivity index (χ1v) is 8.81. The van der Waals surface area contributed by atoms with Gasteiger partial charge in [0.05, 0.1) is 11.1 Å². The Morgan fingerprint density at radius 3 is 2.03 bits per heavy atom. The lowest BCUT2D eigenvalue weighted by Gasteiger charge is -2.30. The second-order valence-corrected chi connectivity index (χ2v) is 6.84. The van der Waals surface area contributed by atoms with Crippen LogP contribution in [-0.4, -0.2) is 44.6 Å². The molecule has 1 amide bonds. The van der Waals surface area contributed by atoms with Crippen molar-refractivity contribution in [1.29, 1.82) is 0 Å². The van der Waals surface area contributed by atoms with Gasteiger partial charge in [0, 0.05) is 43.8 Å². The quantitative estimate of drug-likeness (QED) is 0.499. The van der Waals surface area contributed by atoms with Gasteiger partial charge in [-0.2, -0.15) is 26.3 Å². The Morgan fingerprint density at radius 2 is 1.52 bits per heavy atom. The summed E-state index contributed by atoms with van der Waals surface area (Å²) >= 11 is 0. The number of aromatic nitrogens is 3. The lowest BCUT2D eigenvalue weighted by Crippen LogP contribution is -2.42. The highest BCUT2D eigenvalue weighted by molar-refractivity contribution is 5.90. The van der Waals surface area contributed by atoms with E-state index in [0.717, 1.165) is 23.3 Å². The summed E-state index contributed by atoms with van der Waals surface area (Å²) in [6, 6.07) is 0.955. The minimum Gasteiger partial charge on any atom is -0.339 e. The Balaban J connectivity index is 1.80. The van der Waals surface area contributed by atoms with Crippen molar-refractivity contribution in [2.75, 3.05) is 13.1 Å². The summed E-state index contributed by atoms with van der Waals surface area (Å²) in [6.45, 7) is -0.299. The standard InChI is InChI=1S/C18H14F8N4O/c19-16(20)2-5-29(6-3-16)14(31)1-4-30-10-27-15(28-30)11-7-12(17(21,22)23)9-13(8-11)18(24,25)26/h1,4,7-10H,2-3,5-6H2. The summed E-state index contributed by atoms with van der Waals surface area (Å²) in [7, 11) is 0. The van der Waals surface area contributed by atoms with Crippen LogP contribution in [0.15, 0.2) is 30.6 Å². The average molecular weight is 454 g/mol. The molecule has 5 nitrogen and oxygen atoms in total. The fourth-order valence-electron chi connectivity index (χ4n) is 2.86. The van der Waals surface area contributed by atoms with Crippen molar-refractivity contribution in [3.63, 3.8) is 0 Å². The molecule has 0 aliphatic carbocycles. The molecule has 2 aromatic rings. The molecule has 0 saturated carbocycles. The lowest BCUT2D eigenvalue weighted by molar-refractivity contribution is -0.143. The van der Waals surface area contributed by atoms with Gasteiger partial charge in [-0.25, -0.2) is 18.4 Å². The Labute approximate surface area is 170 Å². The van der Waals surface area contributed by atoms with Gasteiger partial charge in [-0.15, -0.1) is 5.10 Å². The zero-order valence-corrected chi connectivity index (χ0v) is 15.5. The molecule has 168 valence electrons. The lowest BCUT2D eigenvalue weighted by atomic mass is 10.0. The van der Waals surface area contributed by atoms with Gasteiger partial charge in [0.1, 0.15) is 6.33 Å². The van der Waals surface area contributed by atoms with Gasteiger partial charge in [-0.3, -0.25) is 4.79 Å². The van der Waals surface area contributed by atoms with Gasteiger partial charge in [-0.1, -0.05) is 0 Å². The average Bonchev–Trinajstić information content (AvgIpc) is 3.13. The van der Waals surface area contributed by atoms with Crippen molar-refractivity contribution in [2.24, 2.45) is 0 Å². The maximum absolute atomic E-state index is 13.1. The maximum Gasteiger partial charge on any atom is 0.416 e. The van der Waals surface area contributed by atoms with E-state index in [-0.39, 0.29) is 19.2 Å². The second-order valence-electron chi connectivity index (χ2n) is 6.84. The van der Waals surface area contributed by atoms with E-state index < -0.39 is 59.5 Å². The predicted octanol–water partition coefficient (Wildman–Crippen LogP) is 4.71. The SMILES string of the molecule is O=C(C=Cn1cnc(-c2cc(C(F)(F)F)cc(C(F)(F)F)c2)n1)N1CCC(F)(F)CC1. The number of hydrogen-bond donors (Lipinski definition) is 0. The number of benzene rings is 1. The summed E-state index contributed by atoms with van der Waals surface area (Å²) in [5.74, 6) is -3.85. The number of amides is 1. The molecule has 0 atom stereocenters. The fourth-order valence-corrected chi connectivity index (χ4v) is 2.86. The van der Waals surface area contributed by atoms with Crippen molar-refractivity contribution in [3.05, 3.63) is 41.7 Å². The highest BCUT2D eigenvalue weighted by Crippen LogP contribution is 2.38. The molecule has 3 rings (SSSR count).